The number of fused-ring (bicyclic) bond motifs is 4. The van der Waals surface area contributed by atoms with E-state index < -0.39 is 217 Å². The minimum absolute atomic E-state index is 0.00260. The van der Waals surface area contributed by atoms with Gasteiger partial charge >= 0.3 is 59.9 Å². The fourth-order valence-corrected chi connectivity index (χ4v) is 13.4. The molecule has 0 spiro atoms. The number of nitrogens with one attached hydrogen (secondary N) is 16. The number of carboxylic acids is 4. The van der Waals surface area contributed by atoms with Gasteiger partial charge < -0.3 is 117 Å². The number of amides is 16. The number of benzene rings is 6. The molecule has 4 bridgehead atoms. The van der Waals surface area contributed by atoms with Gasteiger partial charge in [0.15, 0.2) is 0 Å². The Morgan fingerprint density at radius 3 is 0.882 bits per heavy atom. The average Bonchev–Trinajstić information content (AvgIpc) is 0.787. The van der Waals surface area contributed by atoms with Crippen LogP contribution in [-0.2, 0) is 112 Å². The van der Waals surface area contributed by atoms with Gasteiger partial charge in [-0.3, -0.25) is 108 Å². The SMILES string of the molecule is COc1ccc2cc1C(=O)NNC(=O)[C@H](Cc1ccccc1)NC(=O)[C@H](CCC(=O)O)NC(=O)[C@@H](N)CCCNC(=O)[C@H](CCCCN)NC(=O)[C@H](Cc1ccccc1)NC(=O)C(=O)Nc1ccc(OC)c(c1)C(=O)NNC(=O)[C@H](Cc1ccccc1)NC(=O)[C@H](CCC(=O)O)NC(=O)[C@@H](N)CCCNC(=O)[C@H](CCCCN)NC(=O)[C@H](Cc1ccccc1)NC(=O)C(=O)N2.O=C(O)C(F)(F)F.O=C(O)C(F)(F)F. The number of hydrazine groups is 2. The monoisotopic (exact) mass is 2030 g/mol. The van der Waals surface area contributed by atoms with E-state index in [9.17, 15) is 123 Å². The normalized spacial score (nSPS) is 20.2. The second-order valence-electron chi connectivity index (χ2n) is 31.9. The summed E-state index contributed by atoms with van der Waals surface area (Å²) in [5, 5.41) is 64.0. The number of hydrogen-bond acceptors (Lipinski definition) is 26. The number of carbonyl (C=O) groups excluding carboxylic acids is 16. The molecule has 0 saturated carbocycles. The predicted octanol–water partition coefficient (Wildman–Crippen LogP) is -0.633. The van der Waals surface area contributed by atoms with Crippen LogP contribution in [0.3, 0.4) is 0 Å². The van der Waals surface area contributed by atoms with Crippen molar-refractivity contribution in [2.45, 2.75) is 188 Å². The first-order valence-electron chi connectivity index (χ1n) is 44.5. The van der Waals surface area contributed by atoms with Crippen molar-refractivity contribution in [1.82, 2.24) is 74.9 Å². The maximum absolute atomic E-state index is 14.4. The Hall–Kier alpha value is -16.3. The highest BCUT2D eigenvalue weighted by atomic mass is 19.4. The largest absolute Gasteiger partial charge is 0.496 e. The molecule has 46 nitrogen and oxygen atoms in total. The van der Waals surface area contributed by atoms with Crippen LogP contribution < -0.4 is 118 Å². The molecule has 1 aliphatic rings. The predicted molar refractivity (Wildman–Crippen MR) is 498 cm³/mol. The first kappa shape index (κ1) is 118. The Morgan fingerprint density at radius 1 is 0.333 bits per heavy atom. The number of ether oxygens (including phenoxy) is 2. The quantitative estimate of drug-likeness (QED) is 0.0204. The van der Waals surface area contributed by atoms with Gasteiger partial charge in [0, 0.05) is 63.0 Å². The number of halogens is 6. The van der Waals surface area contributed by atoms with Crippen LogP contribution in [0.2, 0.25) is 0 Å². The van der Waals surface area contributed by atoms with E-state index in [1.165, 1.54) is 38.5 Å². The fraction of sp³-hybridized carbons (Fsp3) is 0.391. The van der Waals surface area contributed by atoms with Gasteiger partial charge in [-0.2, -0.15) is 26.3 Å². The zero-order chi connectivity index (χ0) is 107. The summed E-state index contributed by atoms with van der Waals surface area (Å²) in [6, 6.07) is 25.2. The summed E-state index contributed by atoms with van der Waals surface area (Å²) >= 11 is 0. The molecule has 0 aromatic heterocycles. The second kappa shape index (κ2) is 60.7. The number of alkyl halides is 6. The van der Waals surface area contributed by atoms with Crippen LogP contribution in [0.4, 0.5) is 37.7 Å². The number of methoxy groups -OCH3 is 2. The number of anilines is 2. The van der Waals surface area contributed by atoms with Crippen molar-refractivity contribution in [2.75, 3.05) is 51.0 Å². The van der Waals surface area contributed by atoms with Crippen molar-refractivity contribution in [3.63, 3.8) is 0 Å². The highest BCUT2D eigenvalue weighted by Crippen LogP contribution is 2.26. The van der Waals surface area contributed by atoms with Crippen molar-refractivity contribution in [1.29, 1.82) is 0 Å². The number of unbranched alkanes of at least 4 members (excludes halogenated alkanes) is 2. The van der Waals surface area contributed by atoms with E-state index in [0.29, 0.717) is 47.9 Å². The molecule has 0 saturated heterocycles. The molecule has 6 aromatic carbocycles. The number of rotatable bonds is 24. The molecule has 7 rings (SSSR count). The zero-order valence-corrected chi connectivity index (χ0v) is 77.7. The van der Waals surface area contributed by atoms with Gasteiger partial charge in [-0.1, -0.05) is 121 Å². The van der Waals surface area contributed by atoms with Crippen LogP contribution in [-0.4, -0.2) is 252 Å². The van der Waals surface area contributed by atoms with Crippen molar-refractivity contribution in [3.8, 4) is 11.5 Å². The Balaban J connectivity index is 0.00000242. The van der Waals surface area contributed by atoms with E-state index in [1.807, 2.05) is 0 Å². The van der Waals surface area contributed by atoms with E-state index in [2.05, 4.69) is 85.5 Å². The standard InChI is InChI=1S/C88H112N20O22.2C2HF3O2/c1-129-69-37-33-55-49-57(69)73(113)105-107-83(123)67(47-53-25-11-5-12-26-53)101-79(119)63(35-39-71(109)110)97-75(115)59(91)29-19-44-94-78(118)62(32-16-18-42-90)100-82(122)66(46-52-23-9-4-10-24-52)104-88(128)86(126)96-56-34-38-70(130-2)58(50-56)74(114)106-108-84(124)68(48-54-27-13-6-14-28-54)102-80(120)64(36-40-72(111)112)98-76(116)60(92)30-20-43-93-77(117)61(31-15-17-41-89)99-81(121)65(103-87(127)85(125)95-55)45-51-21-7-3-8-22-51;2*3-2(4,5)1(6)7/h3-14,21-28,33-34,37-38,49-50,59-68H,15-20,29-32,35-36,39-48,89-92H2,1-2H3,(H,93,117)(H,94,118)(H,95,125)(H,96,126)(H,97,115)(H,98,116)(H,99,121)(H,100,122)(H,101,119)(H,102,120)(H,103,127)(H,104,128)(H,105,113)(H,106,114)(H,107,123)(H,108,124)(H,109,110)(H,111,112);2*(H,6,7)/t59-,60-,61-,62-,63-,64-,65-,66-,67-,68-;;/m0../s1. The van der Waals surface area contributed by atoms with Gasteiger partial charge in [0.25, 0.3) is 23.6 Å². The third-order valence-corrected chi connectivity index (χ3v) is 20.9. The first-order valence-corrected chi connectivity index (χ1v) is 44.5. The molecule has 10 atom stereocenters. The van der Waals surface area contributed by atoms with E-state index in [4.69, 9.17) is 52.2 Å². The van der Waals surface area contributed by atoms with Gasteiger partial charge in [0.1, 0.15) is 59.8 Å². The Kier molecular flexibility index (Phi) is 49.8. The molecule has 0 fully saturated rings. The Labute approximate surface area is 818 Å². The second-order valence-corrected chi connectivity index (χ2v) is 31.9. The molecule has 0 radical (unpaired) electrons. The summed E-state index contributed by atoms with van der Waals surface area (Å²) in [7, 11) is 2.40. The molecule has 0 aliphatic carbocycles. The third-order valence-electron chi connectivity index (χ3n) is 20.9. The van der Waals surface area contributed by atoms with E-state index in [1.54, 1.807) is 121 Å². The highest BCUT2D eigenvalue weighted by Gasteiger charge is 2.41. The number of nitrogens with two attached hydrogens (primary N) is 4. The molecule has 16 amide bonds. The lowest BCUT2D eigenvalue weighted by Crippen LogP contribution is -2.58. The summed E-state index contributed by atoms with van der Waals surface area (Å²) in [6.07, 6.45) is -12.4. The molecule has 52 heteroatoms. The number of carboxylic acid groups (broad SMARTS) is 4. The summed E-state index contributed by atoms with van der Waals surface area (Å²) in [5.74, 6) is -25.4. The van der Waals surface area contributed by atoms with Crippen LogP contribution in [0.5, 0.6) is 11.5 Å². The van der Waals surface area contributed by atoms with E-state index in [-0.39, 0.29) is 124 Å². The van der Waals surface area contributed by atoms with Crippen LogP contribution in [0.15, 0.2) is 158 Å². The summed E-state index contributed by atoms with van der Waals surface area (Å²) in [4.78, 5) is 267. The molecule has 780 valence electrons. The van der Waals surface area contributed by atoms with E-state index >= 15 is 0 Å². The highest BCUT2D eigenvalue weighted by molar-refractivity contribution is 6.40. The van der Waals surface area contributed by atoms with E-state index in [0.717, 1.165) is 12.1 Å². The van der Waals surface area contributed by atoms with Crippen LogP contribution >= 0.6 is 0 Å². The topological polar surface area (TPSA) is 737 Å². The number of aliphatic carboxylic acids is 4. The summed E-state index contributed by atoms with van der Waals surface area (Å²) < 4.78 is 74.3. The Bertz CT molecular complexity index is 5090. The first-order chi connectivity index (χ1) is 68.2. The van der Waals surface area contributed by atoms with Crippen molar-refractivity contribution in [2.24, 2.45) is 22.9 Å². The Morgan fingerprint density at radius 2 is 0.604 bits per heavy atom. The lowest BCUT2D eigenvalue weighted by molar-refractivity contribution is -0.193. The molecular weight excluding hydrogens is 1920 g/mol. The summed E-state index contributed by atoms with van der Waals surface area (Å²) in [5.41, 5.74) is 34.2. The smallest absolute Gasteiger partial charge is 0.490 e. The minimum atomic E-state index is -5.08. The summed E-state index contributed by atoms with van der Waals surface area (Å²) in [6.45, 7) is 0.0973. The minimum Gasteiger partial charge on any atom is -0.496 e. The van der Waals surface area contributed by atoms with Gasteiger partial charge in [-0.05, 0) is 149 Å². The molecule has 144 heavy (non-hydrogen) atoms. The van der Waals surface area contributed by atoms with Crippen LogP contribution in [0, 0.1) is 0 Å². The van der Waals surface area contributed by atoms with Crippen molar-refractivity contribution in [3.05, 3.63) is 191 Å². The maximum atomic E-state index is 14.4. The molecule has 28 N–H and O–H groups in total. The molecular formula is C92H114F6N20O26. The molecule has 1 heterocycles. The van der Waals surface area contributed by atoms with Crippen molar-refractivity contribution < 1.29 is 152 Å². The number of hydrogen-bond donors (Lipinski definition) is 24. The van der Waals surface area contributed by atoms with Gasteiger partial charge in [-0.15, -0.1) is 0 Å². The third kappa shape index (κ3) is 42.8. The number of carbonyl (C=O) groups is 20. The molecule has 6 aromatic rings. The molecule has 1 aliphatic heterocycles. The lowest BCUT2D eigenvalue weighted by Gasteiger charge is -2.24. The lowest BCUT2D eigenvalue weighted by atomic mass is 10.0. The van der Waals surface area contributed by atoms with Crippen LogP contribution in [0.1, 0.15) is 133 Å². The van der Waals surface area contributed by atoms with Crippen molar-refractivity contribution >= 4 is 130 Å². The zero-order valence-electron chi connectivity index (χ0n) is 77.7. The van der Waals surface area contributed by atoms with Gasteiger partial charge in [0.05, 0.1) is 37.4 Å². The maximum Gasteiger partial charge on any atom is 0.490 e. The average molecular weight is 2030 g/mol. The van der Waals surface area contributed by atoms with Gasteiger partial charge in [0.2, 0.25) is 47.3 Å². The van der Waals surface area contributed by atoms with Gasteiger partial charge in [-0.25, -0.2) is 9.59 Å². The molecule has 0 unspecified atom stereocenters. The van der Waals surface area contributed by atoms with Crippen LogP contribution in [0.25, 0.3) is 0 Å². The fourth-order valence-electron chi connectivity index (χ4n) is 13.4.